The van der Waals surface area contributed by atoms with Gasteiger partial charge in [-0.15, -0.1) is 0 Å². The highest BCUT2D eigenvalue weighted by Crippen LogP contribution is 2.34. The second-order valence-electron chi connectivity index (χ2n) is 10.9. The number of aryl methyl sites for hydroxylation is 1. The van der Waals surface area contributed by atoms with Gasteiger partial charge in [0.05, 0.1) is 11.3 Å². The van der Waals surface area contributed by atoms with E-state index in [1.54, 1.807) is 4.90 Å². The zero-order chi connectivity index (χ0) is 25.2. The van der Waals surface area contributed by atoms with E-state index in [0.717, 1.165) is 36.8 Å². The lowest BCUT2D eigenvalue weighted by Gasteiger charge is -2.32. The van der Waals surface area contributed by atoms with Gasteiger partial charge in [0, 0.05) is 19.2 Å². The first-order chi connectivity index (χ1) is 15.9. The van der Waals surface area contributed by atoms with Crippen LogP contribution in [0.25, 0.3) is 11.3 Å². The minimum atomic E-state index is -1.05. The molecule has 1 N–H and O–H groups in total. The molecule has 1 aliphatic carbocycles. The molecule has 0 bridgehead atoms. The van der Waals surface area contributed by atoms with Crippen LogP contribution < -0.4 is 5.56 Å². The normalized spacial score (nSPS) is 15.7. The van der Waals surface area contributed by atoms with Gasteiger partial charge in [-0.3, -0.25) is 14.2 Å². The van der Waals surface area contributed by atoms with Crippen LogP contribution in [0.2, 0.25) is 0 Å². The van der Waals surface area contributed by atoms with Gasteiger partial charge in [0.15, 0.2) is 0 Å². The summed E-state index contributed by atoms with van der Waals surface area (Å²) in [6.07, 6.45) is 5.62. The first kappa shape index (κ1) is 25.7. The molecular weight excluding hydrogens is 428 g/mol. The lowest BCUT2D eigenvalue weighted by molar-refractivity contribution is -0.141. The van der Waals surface area contributed by atoms with Crippen LogP contribution in [0.4, 0.5) is 0 Å². The molecule has 0 radical (unpaired) electrons. The maximum atomic E-state index is 13.6. The minimum Gasteiger partial charge on any atom is -0.480 e. The molecule has 2 aromatic rings. The molecule has 1 amide bonds. The minimum absolute atomic E-state index is 0.165. The Morgan fingerprint density at radius 2 is 1.68 bits per heavy atom. The number of hydrogen-bond donors (Lipinski definition) is 1. The van der Waals surface area contributed by atoms with Crippen LogP contribution >= 0.6 is 0 Å². The average Bonchev–Trinajstić information content (AvgIpc) is 2.78. The standard InChI is InChI=1S/C28H38N2O4/c1-18-12-14-20(15-13-18)25-19(2)22(26(32)29(6)21-10-8-7-9-11-21)16-24(31)30(25)23(27(33)34)17-28(3,4)5/h12-16,21,23H,7-11,17H2,1-6H3,(H,33,34). The Kier molecular flexibility index (Phi) is 7.69. The zero-order valence-electron chi connectivity index (χ0n) is 21.4. The van der Waals surface area contributed by atoms with Crippen molar-refractivity contribution < 1.29 is 14.7 Å². The van der Waals surface area contributed by atoms with E-state index in [0.29, 0.717) is 16.8 Å². The van der Waals surface area contributed by atoms with Crippen LogP contribution in [0.15, 0.2) is 35.1 Å². The fourth-order valence-corrected chi connectivity index (χ4v) is 5.01. The van der Waals surface area contributed by atoms with E-state index in [2.05, 4.69) is 0 Å². The van der Waals surface area contributed by atoms with Gasteiger partial charge in [-0.1, -0.05) is 69.9 Å². The largest absolute Gasteiger partial charge is 0.480 e. The number of aromatic nitrogens is 1. The summed E-state index contributed by atoms with van der Waals surface area (Å²) in [5.74, 6) is -1.23. The van der Waals surface area contributed by atoms with E-state index in [1.807, 2.05) is 65.9 Å². The molecule has 1 fully saturated rings. The van der Waals surface area contributed by atoms with Crippen molar-refractivity contribution in [1.29, 1.82) is 0 Å². The third-order valence-electron chi connectivity index (χ3n) is 6.91. The highest BCUT2D eigenvalue weighted by atomic mass is 16.4. The molecular formula is C28H38N2O4. The van der Waals surface area contributed by atoms with Crippen LogP contribution in [0.5, 0.6) is 0 Å². The van der Waals surface area contributed by atoms with E-state index >= 15 is 0 Å². The summed E-state index contributed by atoms with van der Waals surface area (Å²) in [4.78, 5) is 41.2. The van der Waals surface area contributed by atoms with Crippen molar-refractivity contribution in [3.8, 4) is 11.3 Å². The lowest BCUT2D eigenvalue weighted by Crippen LogP contribution is -2.40. The van der Waals surface area contributed by atoms with Crippen molar-refractivity contribution in [2.24, 2.45) is 5.41 Å². The fourth-order valence-electron chi connectivity index (χ4n) is 5.01. The molecule has 0 saturated heterocycles. The number of hydrogen-bond acceptors (Lipinski definition) is 3. The summed E-state index contributed by atoms with van der Waals surface area (Å²) in [6, 6.07) is 8.12. The summed E-state index contributed by atoms with van der Waals surface area (Å²) in [6.45, 7) is 9.68. The number of nitrogens with zero attached hydrogens (tertiary/aromatic N) is 2. The first-order valence-corrected chi connectivity index (χ1v) is 12.2. The number of benzene rings is 1. The van der Waals surface area contributed by atoms with E-state index in [4.69, 9.17) is 0 Å². The number of carboxylic acid groups (broad SMARTS) is 1. The number of pyridine rings is 1. The van der Waals surface area contributed by atoms with Crippen molar-refractivity contribution in [1.82, 2.24) is 9.47 Å². The van der Waals surface area contributed by atoms with Gasteiger partial charge < -0.3 is 10.0 Å². The van der Waals surface area contributed by atoms with Gasteiger partial charge in [0.2, 0.25) is 0 Å². The van der Waals surface area contributed by atoms with Crippen LogP contribution in [-0.4, -0.2) is 39.5 Å². The molecule has 6 heteroatoms. The van der Waals surface area contributed by atoms with Gasteiger partial charge in [-0.05, 0) is 49.7 Å². The number of carbonyl (C=O) groups is 2. The van der Waals surface area contributed by atoms with E-state index in [-0.39, 0.29) is 23.8 Å². The summed E-state index contributed by atoms with van der Waals surface area (Å²) in [5, 5.41) is 10.1. The Bertz CT molecular complexity index is 1100. The molecule has 1 aliphatic rings. The van der Waals surface area contributed by atoms with Gasteiger partial charge >= 0.3 is 5.97 Å². The van der Waals surface area contributed by atoms with Crippen LogP contribution in [0.1, 0.15) is 86.8 Å². The smallest absolute Gasteiger partial charge is 0.326 e. The number of amides is 1. The molecule has 3 rings (SSSR count). The molecule has 1 aromatic carbocycles. The van der Waals surface area contributed by atoms with E-state index in [9.17, 15) is 19.5 Å². The third-order valence-corrected chi connectivity index (χ3v) is 6.91. The molecule has 1 saturated carbocycles. The Hall–Kier alpha value is -2.89. The Balaban J connectivity index is 2.22. The molecule has 0 aliphatic heterocycles. The molecule has 34 heavy (non-hydrogen) atoms. The van der Waals surface area contributed by atoms with Crippen molar-refractivity contribution in [3.05, 3.63) is 57.4 Å². The Morgan fingerprint density at radius 1 is 1.09 bits per heavy atom. The maximum Gasteiger partial charge on any atom is 0.326 e. The second kappa shape index (κ2) is 10.2. The SMILES string of the molecule is Cc1ccc(-c2c(C)c(C(=O)N(C)C3CCCCC3)cc(=O)n2C(CC(C)(C)C)C(=O)O)cc1. The molecule has 184 valence electrons. The summed E-state index contributed by atoms with van der Waals surface area (Å²) >= 11 is 0. The highest BCUT2D eigenvalue weighted by molar-refractivity contribution is 5.97. The highest BCUT2D eigenvalue weighted by Gasteiger charge is 2.32. The predicted molar refractivity (Wildman–Crippen MR) is 135 cm³/mol. The van der Waals surface area contributed by atoms with Crippen molar-refractivity contribution in [2.75, 3.05) is 7.05 Å². The number of aliphatic carboxylic acids is 1. The number of rotatable bonds is 6. The predicted octanol–water partition coefficient (Wildman–Crippen LogP) is 5.60. The number of carboxylic acids is 1. The summed E-state index contributed by atoms with van der Waals surface area (Å²) < 4.78 is 1.38. The zero-order valence-corrected chi connectivity index (χ0v) is 21.4. The fraction of sp³-hybridized carbons (Fsp3) is 0.536. The van der Waals surface area contributed by atoms with Crippen molar-refractivity contribution in [3.63, 3.8) is 0 Å². The number of carbonyl (C=O) groups excluding carboxylic acids is 1. The van der Waals surface area contributed by atoms with Gasteiger partial charge in [-0.25, -0.2) is 4.79 Å². The molecule has 1 unspecified atom stereocenters. The van der Waals surface area contributed by atoms with Crippen LogP contribution in [0, 0.1) is 19.3 Å². The Morgan fingerprint density at radius 3 is 2.21 bits per heavy atom. The van der Waals surface area contributed by atoms with Crippen LogP contribution in [-0.2, 0) is 4.79 Å². The van der Waals surface area contributed by atoms with E-state index in [1.165, 1.54) is 17.1 Å². The topological polar surface area (TPSA) is 79.6 Å². The monoisotopic (exact) mass is 466 g/mol. The molecule has 1 aromatic heterocycles. The van der Waals surface area contributed by atoms with Gasteiger partial charge in [-0.2, -0.15) is 0 Å². The quantitative estimate of drug-likeness (QED) is 0.601. The molecule has 1 atom stereocenters. The Labute approximate surface area is 202 Å². The van der Waals surface area contributed by atoms with Gasteiger partial charge in [0.25, 0.3) is 11.5 Å². The maximum absolute atomic E-state index is 13.6. The summed E-state index contributed by atoms with van der Waals surface area (Å²) in [5.41, 5.74) is 2.51. The third kappa shape index (κ3) is 5.60. The molecule has 6 nitrogen and oxygen atoms in total. The van der Waals surface area contributed by atoms with Crippen LogP contribution in [0.3, 0.4) is 0 Å². The second-order valence-corrected chi connectivity index (χ2v) is 10.9. The van der Waals surface area contributed by atoms with E-state index < -0.39 is 17.6 Å². The average molecular weight is 467 g/mol. The molecule has 1 heterocycles. The molecule has 0 spiro atoms. The first-order valence-electron chi connectivity index (χ1n) is 12.2. The van der Waals surface area contributed by atoms with Crippen molar-refractivity contribution in [2.45, 2.75) is 85.2 Å². The van der Waals surface area contributed by atoms with Crippen molar-refractivity contribution >= 4 is 11.9 Å². The van der Waals surface area contributed by atoms with Gasteiger partial charge in [0.1, 0.15) is 6.04 Å². The summed E-state index contributed by atoms with van der Waals surface area (Å²) in [7, 11) is 1.81. The lowest BCUT2D eigenvalue weighted by atomic mass is 9.87.